The number of carbonyl (C=O) groups is 1. The number of aromatic nitrogens is 2. The van der Waals surface area contributed by atoms with E-state index in [1.807, 2.05) is 20.8 Å². The van der Waals surface area contributed by atoms with Gasteiger partial charge in [-0.15, -0.1) is 0 Å². The highest BCUT2D eigenvalue weighted by Crippen LogP contribution is 2.25. The molecule has 1 aromatic carbocycles. The van der Waals surface area contributed by atoms with Crippen molar-refractivity contribution in [3.8, 4) is 11.1 Å². The second-order valence-electron chi connectivity index (χ2n) is 5.51. The van der Waals surface area contributed by atoms with Gasteiger partial charge in [0.25, 0.3) is 5.56 Å². The van der Waals surface area contributed by atoms with Gasteiger partial charge in [0.1, 0.15) is 5.15 Å². The van der Waals surface area contributed by atoms with Crippen LogP contribution in [0.1, 0.15) is 29.8 Å². The van der Waals surface area contributed by atoms with Crippen LogP contribution in [0.3, 0.4) is 0 Å². The molecule has 0 aliphatic rings. The summed E-state index contributed by atoms with van der Waals surface area (Å²) in [7, 11) is 3.01. The van der Waals surface area contributed by atoms with Gasteiger partial charge in [-0.2, -0.15) is 0 Å². The number of rotatable bonds is 2. The lowest BCUT2D eigenvalue weighted by molar-refractivity contribution is 0.0601. The van der Waals surface area contributed by atoms with E-state index in [0.717, 1.165) is 10.9 Å². The zero-order valence-corrected chi connectivity index (χ0v) is 16.2. The minimum absolute atomic E-state index is 0.171. The van der Waals surface area contributed by atoms with Gasteiger partial charge in [0.2, 0.25) is 0 Å². The number of benzene rings is 1. The van der Waals surface area contributed by atoms with Crippen LogP contribution in [0.2, 0.25) is 5.15 Å². The summed E-state index contributed by atoms with van der Waals surface area (Å²) < 4.78 is 6.29. The third kappa shape index (κ3) is 3.63. The molecule has 0 amide bonds. The topological polar surface area (TPSA) is 61.2 Å². The zero-order chi connectivity index (χ0) is 19.4. The van der Waals surface area contributed by atoms with Crippen molar-refractivity contribution < 1.29 is 9.53 Å². The van der Waals surface area contributed by atoms with Crippen LogP contribution in [0.4, 0.5) is 0 Å². The third-order valence-corrected chi connectivity index (χ3v) is 4.23. The predicted octanol–water partition coefficient (Wildman–Crippen LogP) is 4.38. The van der Waals surface area contributed by atoms with E-state index in [-0.39, 0.29) is 5.56 Å². The molecule has 2 heterocycles. The Morgan fingerprint density at radius 3 is 2.50 bits per heavy atom. The lowest BCUT2D eigenvalue weighted by atomic mass is 9.98. The van der Waals surface area contributed by atoms with E-state index in [2.05, 4.69) is 4.98 Å². The molecule has 0 N–H and O–H groups in total. The van der Waals surface area contributed by atoms with E-state index in [1.54, 1.807) is 43.6 Å². The Morgan fingerprint density at radius 2 is 1.85 bits per heavy atom. The standard InChI is InChI=1S/C18H15ClN2O3.C2H6/c1-10-4-5-11(18(23)24-3)6-13(10)14-7-12-9-20-16(19)8-15(12)21(2)17(14)22;1-2/h4-9H,1-3H3;1-2H3. The molecule has 0 saturated carbocycles. The molecule has 2 aromatic heterocycles. The second-order valence-corrected chi connectivity index (χ2v) is 5.90. The first kappa shape index (κ1) is 19.7. The number of ether oxygens (including phenoxy) is 1. The molecule has 3 aromatic rings. The van der Waals surface area contributed by atoms with Gasteiger partial charge in [0.15, 0.2) is 0 Å². The largest absolute Gasteiger partial charge is 0.465 e. The maximum atomic E-state index is 12.8. The molecule has 0 aliphatic carbocycles. The second kappa shape index (κ2) is 8.15. The average molecular weight is 373 g/mol. The van der Waals surface area contributed by atoms with Crippen molar-refractivity contribution in [2.75, 3.05) is 7.11 Å². The van der Waals surface area contributed by atoms with E-state index in [9.17, 15) is 9.59 Å². The van der Waals surface area contributed by atoms with Gasteiger partial charge in [-0.3, -0.25) is 4.79 Å². The van der Waals surface area contributed by atoms with Crippen LogP contribution in [0.15, 0.2) is 41.3 Å². The molecule has 0 fully saturated rings. The third-order valence-electron chi connectivity index (χ3n) is 4.02. The van der Waals surface area contributed by atoms with Gasteiger partial charge in [0.05, 0.1) is 18.2 Å². The summed E-state index contributed by atoms with van der Waals surface area (Å²) in [6, 6.07) is 8.57. The van der Waals surface area contributed by atoms with Crippen molar-refractivity contribution in [3.63, 3.8) is 0 Å². The Bertz CT molecular complexity index is 1030. The number of hydrogen-bond donors (Lipinski definition) is 0. The van der Waals surface area contributed by atoms with Crippen molar-refractivity contribution in [1.82, 2.24) is 9.55 Å². The summed E-state index contributed by atoms with van der Waals surface area (Å²) in [6.07, 6.45) is 1.63. The first-order chi connectivity index (χ1) is 12.4. The van der Waals surface area contributed by atoms with Gasteiger partial charge in [0, 0.05) is 24.2 Å². The molecule has 0 bridgehead atoms. The molecule has 0 radical (unpaired) electrons. The number of esters is 1. The van der Waals surface area contributed by atoms with E-state index < -0.39 is 5.97 Å². The SMILES string of the molecule is CC.COC(=O)c1ccc(C)c(-c2cc3cnc(Cl)cc3n(C)c2=O)c1. The normalized spacial score (nSPS) is 10.2. The van der Waals surface area contributed by atoms with Gasteiger partial charge >= 0.3 is 5.97 Å². The van der Waals surface area contributed by atoms with Crippen LogP contribution >= 0.6 is 11.6 Å². The molecule has 26 heavy (non-hydrogen) atoms. The van der Waals surface area contributed by atoms with E-state index in [0.29, 0.717) is 27.4 Å². The molecule has 5 nitrogen and oxygen atoms in total. The Hall–Kier alpha value is -2.66. The minimum atomic E-state index is -0.442. The van der Waals surface area contributed by atoms with E-state index in [1.165, 1.54) is 11.7 Å². The quantitative estimate of drug-likeness (QED) is 0.495. The molecule has 0 atom stereocenters. The fraction of sp³-hybridized carbons (Fsp3) is 0.250. The van der Waals surface area contributed by atoms with Crippen molar-refractivity contribution in [1.29, 1.82) is 0 Å². The fourth-order valence-electron chi connectivity index (χ4n) is 2.69. The average Bonchev–Trinajstić information content (AvgIpc) is 2.66. The first-order valence-electron chi connectivity index (χ1n) is 8.27. The smallest absolute Gasteiger partial charge is 0.337 e. The highest BCUT2D eigenvalue weighted by Gasteiger charge is 2.14. The molecule has 136 valence electrons. The van der Waals surface area contributed by atoms with Gasteiger partial charge in [-0.25, -0.2) is 9.78 Å². The number of carbonyl (C=O) groups excluding carboxylic acids is 1. The summed E-state index contributed by atoms with van der Waals surface area (Å²) in [5.41, 5.74) is 3.00. The lowest BCUT2D eigenvalue weighted by Crippen LogP contribution is -2.19. The molecule has 0 spiro atoms. The Morgan fingerprint density at radius 1 is 1.15 bits per heavy atom. The summed E-state index contributed by atoms with van der Waals surface area (Å²) >= 11 is 5.92. The number of methoxy groups -OCH3 is 1. The summed E-state index contributed by atoms with van der Waals surface area (Å²) in [5, 5.41) is 1.12. The van der Waals surface area contributed by atoms with Crippen LogP contribution in [0.25, 0.3) is 22.0 Å². The number of hydrogen-bond acceptors (Lipinski definition) is 4. The predicted molar refractivity (Wildman–Crippen MR) is 105 cm³/mol. The minimum Gasteiger partial charge on any atom is -0.465 e. The maximum Gasteiger partial charge on any atom is 0.337 e. The van der Waals surface area contributed by atoms with Crippen molar-refractivity contribution in [2.24, 2.45) is 7.05 Å². The van der Waals surface area contributed by atoms with Gasteiger partial charge in [-0.1, -0.05) is 31.5 Å². The maximum absolute atomic E-state index is 12.8. The molecular weight excluding hydrogens is 352 g/mol. The number of pyridine rings is 2. The lowest BCUT2D eigenvalue weighted by Gasteiger charge is -2.12. The molecule has 3 rings (SSSR count). The molecule has 0 unspecified atom stereocenters. The van der Waals surface area contributed by atoms with Crippen LogP contribution < -0.4 is 5.56 Å². The van der Waals surface area contributed by atoms with Crippen LogP contribution in [0, 0.1) is 6.92 Å². The van der Waals surface area contributed by atoms with Crippen LogP contribution in [-0.2, 0) is 11.8 Å². The highest BCUT2D eigenvalue weighted by atomic mass is 35.5. The van der Waals surface area contributed by atoms with Crippen LogP contribution in [-0.4, -0.2) is 22.6 Å². The van der Waals surface area contributed by atoms with Gasteiger partial charge in [-0.05, 0) is 42.3 Å². The monoisotopic (exact) mass is 372 g/mol. The van der Waals surface area contributed by atoms with Crippen molar-refractivity contribution in [2.45, 2.75) is 20.8 Å². The highest BCUT2D eigenvalue weighted by molar-refractivity contribution is 6.30. The number of nitrogens with zero attached hydrogens (tertiary/aromatic N) is 2. The Kier molecular flexibility index (Phi) is 6.16. The summed E-state index contributed by atoms with van der Waals surface area (Å²) in [4.78, 5) is 28.6. The molecule has 0 aliphatic heterocycles. The molecular formula is C20H21ClN2O3. The zero-order valence-electron chi connectivity index (χ0n) is 15.5. The number of aryl methyl sites for hydroxylation is 2. The summed E-state index contributed by atoms with van der Waals surface area (Å²) in [5.74, 6) is -0.442. The summed E-state index contributed by atoms with van der Waals surface area (Å²) in [6.45, 7) is 5.89. The van der Waals surface area contributed by atoms with Gasteiger partial charge < -0.3 is 9.30 Å². The van der Waals surface area contributed by atoms with E-state index in [4.69, 9.17) is 16.3 Å². The first-order valence-corrected chi connectivity index (χ1v) is 8.65. The fourth-order valence-corrected chi connectivity index (χ4v) is 2.84. The van der Waals surface area contributed by atoms with E-state index >= 15 is 0 Å². The number of fused-ring (bicyclic) bond motifs is 1. The Labute approximate surface area is 157 Å². The van der Waals surface area contributed by atoms with Crippen molar-refractivity contribution in [3.05, 3.63) is 63.2 Å². The Balaban J connectivity index is 0.00000117. The molecule has 6 heteroatoms. The van der Waals surface area contributed by atoms with Crippen LogP contribution in [0.5, 0.6) is 0 Å². The van der Waals surface area contributed by atoms with Crippen molar-refractivity contribution >= 4 is 28.5 Å². The molecule has 0 saturated heterocycles. The number of halogens is 1.